The topological polar surface area (TPSA) is 81.1 Å². The summed E-state index contributed by atoms with van der Waals surface area (Å²) in [5, 5.41) is 12.8. The fourth-order valence-corrected chi connectivity index (χ4v) is 4.43. The third kappa shape index (κ3) is 3.89. The molecule has 2 aromatic heterocycles. The minimum Gasteiger partial charge on any atom is -0.497 e. The molecule has 3 heterocycles. The summed E-state index contributed by atoms with van der Waals surface area (Å²) >= 11 is 1.38. The second kappa shape index (κ2) is 8.23. The Hall–Kier alpha value is -3.65. The number of amides is 1. The lowest BCUT2D eigenvalue weighted by Gasteiger charge is -2.31. The highest BCUT2D eigenvalue weighted by molar-refractivity contribution is 7.12. The molecule has 0 aliphatic carbocycles. The summed E-state index contributed by atoms with van der Waals surface area (Å²) in [6, 6.07) is 21.9. The van der Waals surface area contributed by atoms with E-state index >= 15 is 0 Å². The van der Waals surface area contributed by atoms with Crippen molar-refractivity contribution in [3.05, 3.63) is 88.1 Å². The predicted octanol–water partition coefficient (Wildman–Crippen LogP) is 4.75. The molecule has 4 aromatic rings. The summed E-state index contributed by atoms with van der Waals surface area (Å²) in [5.74, 6) is 1.51. The number of hydrogen-bond donors (Lipinski definition) is 2. The van der Waals surface area contributed by atoms with E-state index in [1.165, 1.54) is 16.9 Å². The summed E-state index contributed by atoms with van der Waals surface area (Å²) in [5.41, 5.74) is 2.28. The zero-order valence-corrected chi connectivity index (χ0v) is 17.7. The van der Waals surface area contributed by atoms with Gasteiger partial charge in [-0.05, 0) is 41.1 Å². The average molecular weight is 432 g/mol. The molecule has 0 saturated heterocycles. The Bertz CT molecular complexity index is 1170. The van der Waals surface area contributed by atoms with Crippen molar-refractivity contribution in [2.75, 3.05) is 17.7 Å². The van der Waals surface area contributed by atoms with Crippen molar-refractivity contribution in [1.29, 1.82) is 0 Å². The average Bonchev–Trinajstić information content (AvgIpc) is 3.49. The van der Waals surface area contributed by atoms with Gasteiger partial charge in [0.1, 0.15) is 5.75 Å². The van der Waals surface area contributed by atoms with Gasteiger partial charge >= 0.3 is 0 Å². The SMILES string of the molecule is COc1ccc([C@H]2C[C@@H](c3ccccc3)Nc3nc(NC(=O)c4cccs4)nn32)cc1. The lowest BCUT2D eigenvalue weighted by Crippen LogP contribution is -2.28. The number of nitrogens with zero attached hydrogens (tertiary/aromatic N) is 3. The summed E-state index contributed by atoms with van der Waals surface area (Å²) < 4.78 is 7.16. The third-order valence-corrected chi connectivity index (χ3v) is 6.23. The van der Waals surface area contributed by atoms with Gasteiger partial charge < -0.3 is 10.1 Å². The molecular formula is C23H21N5O2S. The van der Waals surface area contributed by atoms with E-state index in [-0.39, 0.29) is 23.9 Å². The molecule has 0 bridgehead atoms. The van der Waals surface area contributed by atoms with Crippen LogP contribution >= 0.6 is 11.3 Å². The van der Waals surface area contributed by atoms with Crippen LogP contribution in [0.1, 0.15) is 39.3 Å². The zero-order valence-electron chi connectivity index (χ0n) is 16.9. The Labute approximate surface area is 183 Å². The van der Waals surface area contributed by atoms with Crippen LogP contribution in [0.3, 0.4) is 0 Å². The number of thiophene rings is 1. The number of anilines is 2. The van der Waals surface area contributed by atoms with Gasteiger partial charge in [0.15, 0.2) is 0 Å². The molecule has 0 unspecified atom stereocenters. The van der Waals surface area contributed by atoms with Crippen molar-refractivity contribution >= 4 is 29.1 Å². The molecule has 7 nitrogen and oxygen atoms in total. The van der Waals surface area contributed by atoms with E-state index in [0.29, 0.717) is 10.8 Å². The molecule has 2 N–H and O–H groups in total. The first-order valence-electron chi connectivity index (χ1n) is 9.98. The van der Waals surface area contributed by atoms with Crippen LogP contribution in [-0.4, -0.2) is 27.8 Å². The maximum absolute atomic E-state index is 12.5. The first-order chi connectivity index (χ1) is 15.2. The lowest BCUT2D eigenvalue weighted by molar-refractivity contribution is 0.102. The second-order valence-corrected chi connectivity index (χ2v) is 8.21. The highest BCUT2D eigenvalue weighted by Gasteiger charge is 2.31. The second-order valence-electron chi connectivity index (χ2n) is 7.27. The smallest absolute Gasteiger partial charge is 0.268 e. The van der Waals surface area contributed by atoms with Crippen LogP contribution < -0.4 is 15.4 Å². The molecule has 0 fully saturated rings. The van der Waals surface area contributed by atoms with Crippen molar-refractivity contribution < 1.29 is 9.53 Å². The fourth-order valence-electron chi connectivity index (χ4n) is 3.81. The van der Waals surface area contributed by atoms with Crippen molar-refractivity contribution in [3.63, 3.8) is 0 Å². The Morgan fingerprint density at radius 1 is 1.10 bits per heavy atom. The monoisotopic (exact) mass is 431 g/mol. The quantitative estimate of drug-likeness (QED) is 0.477. The summed E-state index contributed by atoms with van der Waals surface area (Å²) in [4.78, 5) is 17.7. The number of aromatic nitrogens is 3. The first kappa shape index (κ1) is 19.3. The Balaban J connectivity index is 1.49. The molecule has 5 rings (SSSR count). The molecule has 0 saturated carbocycles. The molecule has 1 aliphatic heterocycles. The maximum Gasteiger partial charge on any atom is 0.268 e. The summed E-state index contributed by atoms with van der Waals surface area (Å²) in [7, 11) is 1.66. The number of carbonyl (C=O) groups excluding carboxylic acids is 1. The number of benzene rings is 2. The Kier molecular flexibility index (Phi) is 5.13. The lowest BCUT2D eigenvalue weighted by atomic mass is 9.93. The van der Waals surface area contributed by atoms with Crippen LogP contribution in [0.25, 0.3) is 0 Å². The van der Waals surface area contributed by atoms with Gasteiger partial charge in [-0.25, -0.2) is 4.68 Å². The predicted molar refractivity (Wildman–Crippen MR) is 121 cm³/mol. The van der Waals surface area contributed by atoms with Crippen LogP contribution in [0.5, 0.6) is 5.75 Å². The van der Waals surface area contributed by atoms with Crippen molar-refractivity contribution in [3.8, 4) is 5.75 Å². The first-order valence-corrected chi connectivity index (χ1v) is 10.9. The zero-order chi connectivity index (χ0) is 21.2. The summed E-state index contributed by atoms with van der Waals surface area (Å²) in [6.45, 7) is 0. The van der Waals surface area contributed by atoms with Gasteiger partial charge in [-0.2, -0.15) is 4.98 Å². The number of methoxy groups -OCH3 is 1. The molecule has 0 spiro atoms. The van der Waals surface area contributed by atoms with Crippen LogP contribution in [0, 0.1) is 0 Å². The van der Waals surface area contributed by atoms with Gasteiger partial charge in [-0.1, -0.05) is 48.5 Å². The van der Waals surface area contributed by atoms with Gasteiger partial charge in [-0.15, -0.1) is 16.4 Å². The number of carbonyl (C=O) groups is 1. The molecule has 1 aliphatic rings. The van der Waals surface area contributed by atoms with Crippen LogP contribution in [-0.2, 0) is 0 Å². The van der Waals surface area contributed by atoms with E-state index in [1.807, 2.05) is 58.6 Å². The number of ether oxygens (including phenoxy) is 1. The van der Waals surface area contributed by atoms with Gasteiger partial charge in [0.05, 0.1) is 24.1 Å². The summed E-state index contributed by atoms with van der Waals surface area (Å²) in [6.07, 6.45) is 0.797. The molecular weight excluding hydrogens is 410 g/mol. The van der Waals surface area contributed by atoms with Crippen LogP contribution in [0.4, 0.5) is 11.9 Å². The fraction of sp³-hybridized carbons (Fsp3) is 0.174. The standard InChI is InChI=1S/C23H21N5O2S/c1-30-17-11-9-16(10-12-17)19-14-18(15-6-3-2-4-7-15)24-23-26-22(27-28(19)23)25-21(29)20-8-5-13-31-20/h2-13,18-19H,14H2,1H3,(H2,24,25,26,27,29)/t18-,19+/m0/s1. The van der Waals surface area contributed by atoms with Crippen molar-refractivity contribution in [2.45, 2.75) is 18.5 Å². The number of fused-ring (bicyclic) bond motifs is 1. The van der Waals surface area contributed by atoms with Gasteiger partial charge in [0.25, 0.3) is 11.9 Å². The van der Waals surface area contributed by atoms with Gasteiger partial charge in [0.2, 0.25) is 5.95 Å². The maximum atomic E-state index is 12.5. The van der Waals surface area contributed by atoms with Crippen LogP contribution in [0.2, 0.25) is 0 Å². The Morgan fingerprint density at radius 2 is 1.90 bits per heavy atom. The van der Waals surface area contributed by atoms with Gasteiger partial charge in [-0.3, -0.25) is 10.1 Å². The van der Waals surface area contributed by atoms with Crippen LogP contribution in [0.15, 0.2) is 72.1 Å². The number of hydrogen-bond acceptors (Lipinski definition) is 6. The van der Waals surface area contributed by atoms with E-state index in [4.69, 9.17) is 4.74 Å². The molecule has 0 radical (unpaired) electrons. The van der Waals surface area contributed by atoms with E-state index in [0.717, 1.165) is 17.7 Å². The molecule has 8 heteroatoms. The molecule has 2 atom stereocenters. The molecule has 31 heavy (non-hydrogen) atoms. The third-order valence-electron chi connectivity index (χ3n) is 5.36. The van der Waals surface area contributed by atoms with E-state index in [1.54, 1.807) is 13.2 Å². The van der Waals surface area contributed by atoms with E-state index in [9.17, 15) is 4.79 Å². The minimum absolute atomic E-state index is 0.0350. The Morgan fingerprint density at radius 3 is 2.61 bits per heavy atom. The molecule has 156 valence electrons. The highest BCUT2D eigenvalue weighted by Crippen LogP contribution is 2.38. The molecule has 2 aromatic carbocycles. The van der Waals surface area contributed by atoms with E-state index in [2.05, 4.69) is 32.8 Å². The largest absolute Gasteiger partial charge is 0.497 e. The van der Waals surface area contributed by atoms with Crippen molar-refractivity contribution in [1.82, 2.24) is 14.8 Å². The van der Waals surface area contributed by atoms with Gasteiger partial charge in [0, 0.05) is 0 Å². The molecule has 1 amide bonds. The minimum atomic E-state index is -0.210. The number of nitrogens with one attached hydrogen (secondary N) is 2. The normalized spacial score (nSPS) is 17.5. The highest BCUT2D eigenvalue weighted by atomic mass is 32.1. The van der Waals surface area contributed by atoms with E-state index < -0.39 is 0 Å². The van der Waals surface area contributed by atoms with Crippen molar-refractivity contribution in [2.24, 2.45) is 0 Å². The number of rotatable bonds is 5.